The van der Waals surface area contributed by atoms with Gasteiger partial charge in [0.15, 0.2) is 11.5 Å². The van der Waals surface area contributed by atoms with Crippen LogP contribution in [0.4, 0.5) is 21.4 Å². The number of urea groups is 1. The van der Waals surface area contributed by atoms with E-state index in [-0.39, 0.29) is 24.2 Å². The predicted octanol–water partition coefficient (Wildman–Crippen LogP) is 2.51. The van der Waals surface area contributed by atoms with E-state index < -0.39 is 23.7 Å². The van der Waals surface area contributed by atoms with Crippen LogP contribution in [0.5, 0.6) is 0 Å². The summed E-state index contributed by atoms with van der Waals surface area (Å²) in [7, 11) is 0. The molecular weight excluding hydrogens is 442 g/mol. The van der Waals surface area contributed by atoms with Gasteiger partial charge in [0.05, 0.1) is 6.61 Å². The molecule has 1 atom stereocenters. The first-order valence-electron chi connectivity index (χ1n) is 11.4. The Labute approximate surface area is 200 Å². The molecule has 1 unspecified atom stereocenters. The lowest BCUT2D eigenvalue weighted by atomic mass is 10.1. The van der Waals surface area contributed by atoms with Crippen LogP contribution in [0.25, 0.3) is 0 Å². The van der Waals surface area contributed by atoms with E-state index in [0.717, 1.165) is 18.4 Å². The van der Waals surface area contributed by atoms with Gasteiger partial charge in [-0.3, -0.25) is 15.3 Å². The molecule has 0 radical (unpaired) electrons. The van der Waals surface area contributed by atoms with Gasteiger partial charge in [-0.25, -0.2) is 20.2 Å². The molecule has 12 heteroatoms. The van der Waals surface area contributed by atoms with Crippen molar-refractivity contribution in [1.29, 1.82) is 0 Å². The number of rotatable bonds is 7. The first-order valence-corrected chi connectivity index (χ1v) is 11.4. The Hall–Kier alpha value is -3.28. The number of alkyl carbamates (subject to hydrolysis) is 1. The average Bonchev–Trinajstić information content (AvgIpc) is 3.09. The number of carbonyl (C=O) groups excluding carboxylic acids is 3. The Morgan fingerprint density at radius 2 is 1.97 bits per heavy atom. The van der Waals surface area contributed by atoms with Gasteiger partial charge in [0.1, 0.15) is 5.60 Å². The second-order valence-corrected chi connectivity index (χ2v) is 9.25. The summed E-state index contributed by atoms with van der Waals surface area (Å²) in [5.74, 6) is 5.12. The maximum atomic E-state index is 12.8. The number of nitrogens with one attached hydrogen (secondary N) is 3. The quantitative estimate of drug-likeness (QED) is 0.153. The number of hydrazine groups is 1. The van der Waals surface area contributed by atoms with E-state index in [2.05, 4.69) is 15.6 Å². The summed E-state index contributed by atoms with van der Waals surface area (Å²) in [5.41, 5.74) is 2.54. The first kappa shape index (κ1) is 27.0. The van der Waals surface area contributed by atoms with Crippen LogP contribution in [-0.4, -0.2) is 59.0 Å². The summed E-state index contributed by atoms with van der Waals surface area (Å²) in [5, 5.41) is 5.42. The largest absolute Gasteiger partial charge is 0.461 e. The number of imidazole rings is 1. The van der Waals surface area contributed by atoms with E-state index in [1.165, 1.54) is 0 Å². The van der Waals surface area contributed by atoms with Gasteiger partial charge in [-0.2, -0.15) is 4.98 Å². The molecule has 0 aliphatic carbocycles. The molecule has 1 aromatic rings. The number of anilines is 2. The van der Waals surface area contributed by atoms with Gasteiger partial charge in [-0.15, -0.1) is 0 Å². The predicted molar refractivity (Wildman–Crippen MR) is 129 cm³/mol. The van der Waals surface area contributed by atoms with Crippen molar-refractivity contribution in [2.45, 2.75) is 72.6 Å². The number of hydrogen-bond acceptors (Lipinski definition) is 8. The van der Waals surface area contributed by atoms with Crippen LogP contribution in [-0.2, 0) is 16.0 Å². The molecule has 1 aromatic heterocycles. The van der Waals surface area contributed by atoms with Crippen molar-refractivity contribution >= 4 is 29.9 Å². The minimum absolute atomic E-state index is 0.0424. The second-order valence-electron chi connectivity index (χ2n) is 9.25. The molecule has 1 aliphatic heterocycles. The van der Waals surface area contributed by atoms with Crippen LogP contribution in [0.3, 0.4) is 0 Å². The molecule has 0 aromatic carbocycles. The maximum Gasteiger partial charge on any atom is 0.407 e. The number of esters is 1. The van der Waals surface area contributed by atoms with Crippen molar-refractivity contribution in [2.24, 2.45) is 5.84 Å². The minimum atomic E-state index is -0.716. The van der Waals surface area contributed by atoms with Gasteiger partial charge >= 0.3 is 18.1 Å². The van der Waals surface area contributed by atoms with E-state index in [0.29, 0.717) is 25.6 Å². The van der Waals surface area contributed by atoms with Gasteiger partial charge in [-0.1, -0.05) is 11.6 Å². The Morgan fingerprint density at radius 3 is 2.56 bits per heavy atom. The molecule has 5 N–H and O–H groups in total. The van der Waals surface area contributed by atoms with Crippen molar-refractivity contribution < 1.29 is 23.9 Å². The Balaban J connectivity index is 2.41. The fourth-order valence-corrected chi connectivity index (χ4v) is 3.52. The number of allylic oxidation sites excluding steroid dienone is 2. The number of aromatic nitrogens is 2. The number of carbonyl (C=O) groups is 3. The smallest absolute Gasteiger partial charge is 0.407 e. The molecule has 0 spiro atoms. The number of nitrogens with zero attached hydrogens (tertiary/aromatic N) is 3. The molecule has 2 rings (SSSR count). The third-order valence-electron chi connectivity index (χ3n) is 4.89. The van der Waals surface area contributed by atoms with Gasteiger partial charge in [-0.05, 0) is 54.4 Å². The first-order chi connectivity index (χ1) is 15.9. The van der Waals surface area contributed by atoms with E-state index in [1.54, 1.807) is 11.5 Å². The van der Waals surface area contributed by atoms with Crippen molar-refractivity contribution in [1.82, 2.24) is 20.3 Å². The summed E-state index contributed by atoms with van der Waals surface area (Å²) >= 11 is 0. The Morgan fingerprint density at radius 1 is 1.26 bits per heavy atom. The number of piperidine rings is 1. The van der Waals surface area contributed by atoms with Crippen molar-refractivity contribution in [3.05, 3.63) is 17.3 Å². The molecule has 190 valence electrons. The molecular formula is C22H37N7O5. The van der Waals surface area contributed by atoms with Gasteiger partial charge in [0, 0.05) is 25.7 Å². The van der Waals surface area contributed by atoms with Crippen LogP contribution in [0.1, 0.15) is 64.9 Å². The number of ether oxygens (including phenoxy) is 2. The molecule has 1 aliphatic rings. The molecule has 2 heterocycles. The zero-order valence-electron chi connectivity index (χ0n) is 20.9. The fraction of sp³-hybridized carbons (Fsp3) is 0.636. The molecule has 34 heavy (non-hydrogen) atoms. The van der Waals surface area contributed by atoms with Crippen molar-refractivity contribution in [2.75, 3.05) is 29.9 Å². The summed E-state index contributed by atoms with van der Waals surface area (Å²) in [4.78, 5) is 43.6. The summed E-state index contributed by atoms with van der Waals surface area (Å²) < 4.78 is 12.3. The molecule has 1 fully saturated rings. The monoisotopic (exact) mass is 479 g/mol. The van der Waals surface area contributed by atoms with E-state index >= 15 is 0 Å². The number of amides is 3. The highest BCUT2D eigenvalue weighted by Crippen LogP contribution is 2.28. The number of nitrogens with two attached hydrogens (primary N) is 1. The zero-order chi connectivity index (χ0) is 25.5. The maximum absolute atomic E-state index is 12.8. The topological polar surface area (TPSA) is 153 Å². The highest BCUT2D eigenvalue weighted by molar-refractivity contribution is 5.99. The molecule has 0 bridgehead atoms. The highest BCUT2D eigenvalue weighted by atomic mass is 16.6. The van der Waals surface area contributed by atoms with E-state index in [4.69, 9.17) is 15.3 Å². The molecule has 3 amide bonds. The van der Waals surface area contributed by atoms with E-state index in [9.17, 15) is 14.4 Å². The molecule has 1 saturated heterocycles. The zero-order valence-corrected chi connectivity index (χ0v) is 20.9. The van der Waals surface area contributed by atoms with E-state index in [1.807, 2.05) is 51.0 Å². The second kappa shape index (κ2) is 11.7. The van der Waals surface area contributed by atoms with Crippen LogP contribution in [0, 0.1) is 0 Å². The third kappa shape index (κ3) is 7.65. The summed E-state index contributed by atoms with van der Waals surface area (Å²) in [6.45, 7) is 12.6. The normalized spacial score (nSPS) is 15.9. The SMILES string of the molecule is CCOC(=O)c1c(NC(=O)NN)nc(N2CCCC(NC(=O)OC(C)(C)C)C2)n1CC=C(C)C. The lowest BCUT2D eigenvalue weighted by molar-refractivity contribution is 0.0495. The van der Waals surface area contributed by atoms with Crippen LogP contribution < -0.4 is 26.8 Å². The summed E-state index contributed by atoms with van der Waals surface area (Å²) in [6.07, 6.45) is 3.02. The highest BCUT2D eigenvalue weighted by Gasteiger charge is 2.31. The Bertz CT molecular complexity index is 915. The lowest BCUT2D eigenvalue weighted by Crippen LogP contribution is -2.49. The standard InChI is InChI=1S/C22H37N7O5/c1-7-33-18(30)16-17(25-19(31)27-23)26-20(29(16)12-10-14(2)3)28-11-8-9-15(13-28)24-21(32)34-22(4,5)6/h10,15H,7-9,11-13,23H2,1-6H3,(H,24,32)(H2,25,27,31). The van der Waals surface area contributed by atoms with Crippen LogP contribution in [0.2, 0.25) is 0 Å². The van der Waals surface area contributed by atoms with Crippen LogP contribution >= 0.6 is 0 Å². The molecule has 12 nitrogen and oxygen atoms in total. The fourth-order valence-electron chi connectivity index (χ4n) is 3.52. The summed E-state index contributed by atoms with van der Waals surface area (Å²) in [6, 6.07) is -0.890. The van der Waals surface area contributed by atoms with Gasteiger partial charge in [0.25, 0.3) is 0 Å². The van der Waals surface area contributed by atoms with Crippen LogP contribution in [0.15, 0.2) is 11.6 Å². The average molecular weight is 480 g/mol. The number of hydrogen-bond donors (Lipinski definition) is 4. The lowest BCUT2D eigenvalue weighted by Gasteiger charge is -2.34. The molecule has 0 saturated carbocycles. The van der Waals surface area contributed by atoms with Crippen molar-refractivity contribution in [3.63, 3.8) is 0 Å². The van der Waals surface area contributed by atoms with Crippen molar-refractivity contribution in [3.8, 4) is 0 Å². The van der Waals surface area contributed by atoms with Gasteiger partial charge in [0.2, 0.25) is 5.95 Å². The minimum Gasteiger partial charge on any atom is -0.461 e. The Kier molecular flexibility index (Phi) is 9.30. The van der Waals surface area contributed by atoms with Gasteiger partial charge < -0.3 is 19.7 Å². The third-order valence-corrected chi connectivity index (χ3v) is 4.89.